The van der Waals surface area contributed by atoms with Crippen LogP contribution in [0.1, 0.15) is 12.0 Å². The lowest BCUT2D eigenvalue weighted by atomic mass is 10.1. The predicted octanol–water partition coefficient (Wildman–Crippen LogP) is -0.711. The van der Waals surface area contributed by atoms with Gasteiger partial charge in [-0.15, -0.1) is 0 Å². The first kappa shape index (κ1) is 17.7. The molecule has 0 spiro atoms. The van der Waals surface area contributed by atoms with Gasteiger partial charge in [0.1, 0.15) is 13.1 Å². The van der Waals surface area contributed by atoms with Crippen LogP contribution >= 0.6 is 0 Å². The monoisotopic (exact) mass is 349 g/mol. The molecule has 7 heteroatoms. The second-order valence-corrected chi connectivity index (χ2v) is 6.35. The maximum atomic E-state index is 12.7. The van der Waals surface area contributed by atoms with E-state index in [-0.39, 0.29) is 17.9 Å². The van der Waals surface area contributed by atoms with Crippen LogP contribution in [0.5, 0.6) is 11.5 Å². The van der Waals surface area contributed by atoms with Gasteiger partial charge in [0, 0.05) is 6.54 Å². The van der Waals surface area contributed by atoms with Gasteiger partial charge in [0.05, 0.1) is 33.9 Å². The Kier molecular flexibility index (Phi) is 5.55. The smallest absolute Gasteiger partial charge is 0.288 e. The van der Waals surface area contributed by atoms with Crippen LogP contribution in [0.2, 0.25) is 0 Å². The second-order valence-electron chi connectivity index (χ2n) is 6.35. The van der Waals surface area contributed by atoms with Gasteiger partial charge >= 0.3 is 0 Å². The highest BCUT2D eigenvalue weighted by atomic mass is 16.5. The van der Waals surface area contributed by atoms with Crippen molar-refractivity contribution in [2.75, 3.05) is 47.1 Å². The Balaban J connectivity index is 1.63. The van der Waals surface area contributed by atoms with Crippen molar-refractivity contribution in [1.82, 2.24) is 4.90 Å². The van der Waals surface area contributed by atoms with Crippen LogP contribution in [-0.2, 0) is 20.7 Å². The number of likely N-dealkylation sites (tertiary alicyclic amines) is 1. The number of nitrogens with one attached hydrogen (secondary N) is 1. The summed E-state index contributed by atoms with van der Waals surface area (Å²) in [5.74, 6) is 1.18. The largest absolute Gasteiger partial charge is 0.493 e. The van der Waals surface area contributed by atoms with E-state index in [1.807, 2.05) is 18.2 Å². The Morgan fingerprint density at radius 2 is 1.88 bits per heavy atom. The summed E-state index contributed by atoms with van der Waals surface area (Å²) in [6.07, 6.45) is 0.906. The van der Waals surface area contributed by atoms with Crippen LogP contribution in [0, 0.1) is 0 Å². The number of hydrogen-bond acceptors (Lipinski definition) is 5. The van der Waals surface area contributed by atoms with Crippen molar-refractivity contribution < 1.29 is 28.7 Å². The van der Waals surface area contributed by atoms with Gasteiger partial charge in [-0.3, -0.25) is 14.5 Å². The molecule has 1 aromatic rings. The van der Waals surface area contributed by atoms with Gasteiger partial charge in [0.15, 0.2) is 17.5 Å². The Morgan fingerprint density at radius 1 is 1.16 bits per heavy atom. The zero-order valence-corrected chi connectivity index (χ0v) is 14.7. The van der Waals surface area contributed by atoms with Crippen molar-refractivity contribution in [3.8, 4) is 11.5 Å². The molecule has 0 aliphatic carbocycles. The molecule has 2 aliphatic rings. The number of morpholine rings is 1. The summed E-state index contributed by atoms with van der Waals surface area (Å²) >= 11 is 0. The molecule has 0 aromatic heterocycles. The summed E-state index contributed by atoms with van der Waals surface area (Å²) in [7, 11) is 3.18. The zero-order chi connectivity index (χ0) is 17.8. The minimum absolute atomic E-state index is 0.0534. The fourth-order valence-electron chi connectivity index (χ4n) is 3.50. The molecule has 0 bridgehead atoms. The first-order chi connectivity index (χ1) is 12.1. The quantitative estimate of drug-likeness (QED) is 0.687. The van der Waals surface area contributed by atoms with E-state index in [1.54, 1.807) is 14.2 Å². The van der Waals surface area contributed by atoms with Crippen LogP contribution in [0.25, 0.3) is 0 Å². The number of ether oxygens (including phenoxy) is 3. The van der Waals surface area contributed by atoms with Crippen LogP contribution < -0.4 is 14.4 Å². The average Bonchev–Trinajstić information content (AvgIpc) is 2.94. The van der Waals surface area contributed by atoms with Crippen molar-refractivity contribution >= 4 is 11.8 Å². The van der Waals surface area contributed by atoms with E-state index in [9.17, 15) is 9.59 Å². The molecule has 0 unspecified atom stereocenters. The van der Waals surface area contributed by atoms with Gasteiger partial charge in [-0.1, -0.05) is 6.07 Å². The number of hydrogen-bond donors (Lipinski definition) is 1. The molecular formula is C18H25N2O5+. The Labute approximate surface area is 147 Å². The number of carbonyl (C=O) groups excluding carboxylic acids is 2. The highest BCUT2D eigenvalue weighted by Gasteiger charge is 2.44. The Hall–Kier alpha value is -2.12. The topological polar surface area (TPSA) is 69.5 Å². The SMILES string of the molecule is COc1ccc(CCN2C(=O)C[C@H]([NH+]3CCOCC3)C2=O)cc1OC. The molecule has 2 amide bonds. The fraction of sp³-hybridized carbons (Fsp3) is 0.556. The number of nitrogens with zero attached hydrogens (tertiary/aromatic N) is 1. The van der Waals surface area contributed by atoms with E-state index in [1.165, 1.54) is 9.80 Å². The number of benzene rings is 1. The van der Waals surface area contributed by atoms with Gasteiger partial charge in [0.25, 0.3) is 5.91 Å². The first-order valence-corrected chi connectivity index (χ1v) is 8.61. The number of methoxy groups -OCH3 is 2. The highest BCUT2D eigenvalue weighted by Crippen LogP contribution is 2.28. The van der Waals surface area contributed by atoms with Crippen LogP contribution in [0.3, 0.4) is 0 Å². The summed E-state index contributed by atoms with van der Waals surface area (Å²) < 4.78 is 15.9. The van der Waals surface area contributed by atoms with Crippen molar-refractivity contribution in [3.63, 3.8) is 0 Å². The van der Waals surface area contributed by atoms with Crippen molar-refractivity contribution in [2.45, 2.75) is 18.9 Å². The average molecular weight is 349 g/mol. The van der Waals surface area contributed by atoms with E-state index in [0.717, 1.165) is 18.7 Å². The summed E-state index contributed by atoms with van der Waals surface area (Å²) in [6.45, 7) is 3.27. The van der Waals surface area contributed by atoms with Gasteiger partial charge in [-0.05, 0) is 24.1 Å². The van der Waals surface area contributed by atoms with Crippen molar-refractivity contribution in [2.24, 2.45) is 0 Å². The second kappa shape index (κ2) is 7.84. The molecule has 2 heterocycles. The molecule has 7 nitrogen and oxygen atoms in total. The van der Waals surface area contributed by atoms with E-state index in [0.29, 0.717) is 44.1 Å². The van der Waals surface area contributed by atoms with Crippen LogP contribution in [0.4, 0.5) is 0 Å². The third kappa shape index (κ3) is 3.77. The zero-order valence-electron chi connectivity index (χ0n) is 14.7. The van der Waals surface area contributed by atoms with E-state index in [4.69, 9.17) is 14.2 Å². The summed E-state index contributed by atoms with van der Waals surface area (Å²) in [5.41, 5.74) is 1.00. The molecule has 25 heavy (non-hydrogen) atoms. The standard InChI is InChI=1S/C18H24N2O5/c1-23-15-4-3-13(11-16(15)24-2)5-6-20-17(21)12-14(18(20)22)19-7-9-25-10-8-19/h3-4,11,14H,5-10,12H2,1-2H3/p+1/t14-/m0/s1. The predicted molar refractivity (Wildman–Crippen MR) is 89.9 cm³/mol. The first-order valence-electron chi connectivity index (χ1n) is 8.61. The summed E-state index contributed by atoms with van der Waals surface area (Å²) in [5, 5.41) is 0. The fourth-order valence-corrected chi connectivity index (χ4v) is 3.50. The van der Waals surface area contributed by atoms with Crippen molar-refractivity contribution in [1.29, 1.82) is 0 Å². The lowest BCUT2D eigenvalue weighted by molar-refractivity contribution is -0.922. The lowest BCUT2D eigenvalue weighted by Gasteiger charge is -2.27. The van der Waals surface area contributed by atoms with E-state index in [2.05, 4.69) is 0 Å². The molecule has 2 saturated heterocycles. The third-order valence-corrected chi connectivity index (χ3v) is 4.94. The highest BCUT2D eigenvalue weighted by molar-refractivity contribution is 6.04. The van der Waals surface area contributed by atoms with Gasteiger partial charge in [0.2, 0.25) is 5.91 Å². The lowest BCUT2D eigenvalue weighted by Crippen LogP contribution is -3.18. The molecule has 0 saturated carbocycles. The summed E-state index contributed by atoms with van der Waals surface area (Å²) in [6, 6.07) is 5.40. The number of amides is 2. The normalized spacial score (nSPS) is 21.7. The maximum Gasteiger partial charge on any atom is 0.288 e. The maximum absolute atomic E-state index is 12.7. The number of imide groups is 1. The molecule has 2 aliphatic heterocycles. The minimum Gasteiger partial charge on any atom is -0.493 e. The summed E-state index contributed by atoms with van der Waals surface area (Å²) in [4.78, 5) is 27.5. The molecule has 1 N–H and O–H groups in total. The molecule has 1 aromatic carbocycles. The molecule has 3 rings (SSSR count). The molecular weight excluding hydrogens is 324 g/mol. The number of carbonyl (C=O) groups is 2. The molecule has 0 radical (unpaired) electrons. The Morgan fingerprint density at radius 3 is 2.56 bits per heavy atom. The van der Waals surface area contributed by atoms with Gasteiger partial charge < -0.3 is 19.1 Å². The van der Waals surface area contributed by atoms with Crippen LogP contribution in [0.15, 0.2) is 18.2 Å². The van der Waals surface area contributed by atoms with E-state index < -0.39 is 0 Å². The molecule has 2 fully saturated rings. The molecule has 1 atom stereocenters. The number of rotatable bonds is 6. The van der Waals surface area contributed by atoms with E-state index >= 15 is 0 Å². The van der Waals surface area contributed by atoms with Crippen LogP contribution in [-0.4, -0.2) is 69.8 Å². The third-order valence-electron chi connectivity index (χ3n) is 4.94. The molecule has 136 valence electrons. The Bertz CT molecular complexity index is 642. The number of quaternary nitrogens is 1. The van der Waals surface area contributed by atoms with Crippen molar-refractivity contribution in [3.05, 3.63) is 23.8 Å². The van der Waals surface area contributed by atoms with Gasteiger partial charge in [-0.25, -0.2) is 0 Å². The van der Waals surface area contributed by atoms with Gasteiger partial charge in [-0.2, -0.15) is 0 Å². The minimum atomic E-state index is -0.248.